The molecule has 1 heterocycles. The molecule has 0 saturated carbocycles. The van der Waals surface area contributed by atoms with Gasteiger partial charge in [0.05, 0.1) is 13.1 Å². The maximum absolute atomic E-state index is 13.1. The van der Waals surface area contributed by atoms with Crippen LogP contribution in [0.2, 0.25) is 0 Å². The van der Waals surface area contributed by atoms with Crippen LogP contribution in [0.15, 0.2) is 54.6 Å². The van der Waals surface area contributed by atoms with E-state index in [1.165, 1.54) is 4.90 Å². The van der Waals surface area contributed by atoms with Crippen LogP contribution in [-0.2, 0) is 9.59 Å². The molecule has 0 aromatic heterocycles. The van der Waals surface area contributed by atoms with Crippen molar-refractivity contribution < 1.29 is 14.5 Å². The lowest BCUT2D eigenvalue weighted by Gasteiger charge is -2.33. The van der Waals surface area contributed by atoms with Crippen molar-refractivity contribution in [1.82, 2.24) is 0 Å². The number of benzene rings is 2. The molecule has 5 nitrogen and oxygen atoms in total. The summed E-state index contributed by atoms with van der Waals surface area (Å²) in [6, 6.07) is 17.4. The number of primary amides is 1. The summed E-state index contributed by atoms with van der Waals surface area (Å²) in [4.78, 5) is 25.7. The molecule has 0 spiro atoms. The summed E-state index contributed by atoms with van der Waals surface area (Å²) in [5.74, 6) is -0.327. The molecule has 1 saturated heterocycles. The fourth-order valence-corrected chi connectivity index (χ4v) is 3.63. The third-order valence-corrected chi connectivity index (χ3v) is 5.15. The summed E-state index contributed by atoms with van der Waals surface area (Å²) >= 11 is 0. The van der Waals surface area contributed by atoms with Crippen LogP contribution in [0.25, 0.3) is 0 Å². The predicted molar refractivity (Wildman–Crippen MR) is 102 cm³/mol. The minimum Gasteiger partial charge on any atom is -0.369 e. The van der Waals surface area contributed by atoms with Gasteiger partial charge in [0.15, 0.2) is 6.04 Å². The Balaban J connectivity index is 1.79. The van der Waals surface area contributed by atoms with Crippen LogP contribution in [0.5, 0.6) is 0 Å². The number of carbonyl (C=O) groups is 2. The van der Waals surface area contributed by atoms with E-state index in [0.29, 0.717) is 0 Å². The van der Waals surface area contributed by atoms with Gasteiger partial charge < -0.3 is 16.0 Å². The second kappa shape index (κ2) is 8.15. The highest BCUT2D eigenvalue weighted by Gasteiger charge is 2.36. The Morgan fingerprint density at radius 3 is 2.23 bits per heavy atom. The van der Waals surface area contributed by atoms with Crippen LogP contribution in [-0.4, -0.2) is 24.9 Å². The summed E-state index contributed by atoms with van der Waals surface area (Å²) in [7, 11) is 0. The first-order valence-electron chi connectivity index (χ1n) is 9.11. The number of anilines is 1. The molecule has 1 fully saturated rings. The fourth-order valence-electron chi connectivity index (χ4n) is 3.63. The third-order valence-electron chi connectivity index (χ3n) is 5.15. The topological polar surface area (TPSA) is 76.6 Å². The van der Waals surface area contributed by atoms with Crippen molar-refractivity contribution in [1.29, 1.82) is 0 Å². The highest BCUT2D eigenvalue weighted by atomic mass is 16.2. The van der Waals surface area contributed by atoms with Gasteiger partial charge in [0.2, 0.25) is 5.91 Å². The van der Waals surface area contributed by atoms with E-state index in [4.69, 9.17) is 5.73 Å². The van der Waals surface area contributed by atoms with Crippen molar-refractivity contribution in [2.24, 2.45) is 11.7 Å². The minimum atomic E-state index is -0.300. The number of amides is 2. The van der Waals surface area contributed by atoms with Gasteiger partial charge in [-0.1, -0.05) is 48.0 Å². The molecule has 0 radical (unpaired) electrons. The molecule has 1 atom stereocenters. The Morgan fingerprint density at radius 1 is 1.04 bits per heavy atom. The van der Waals surface area contributed by atoms with Crippen molar-refractivity contribution in [3.63, 3.8) is 0 Å². The number of quaternary nitrogens is 1. The molecule has 4 N–H and O–H groups in total. The molecule has 2 aromatic rings. The van der Waals surface area contributed by atoms with Crippen molar-refractivity contribution in [3.05, 3.63) is 65.7 Å². The van der Waals surface area contributed by atoms with Crippen LogP contribution in [0.4, 0.5) is 5.69 Å². The largest absolute Gasteiger partial charge is 0.369 e. The third kappa shape index (κ3) is 4.29. The van der Waals surface area contributed by atoms with E-state index in [9.17, 15) is 9.59 Å². The second-order valence-corrected chi connectivity index (χ2v) is 7.03. The van der Waals surface area contributed by atoms with E-state index >= 15 is 0 Å². The van der Waals surface area contributed by atoms with E-state index in [0.717, 1.165) is 42.7 Å². The van der Waals surface area contributed by atoms with Crippen molar-refractivity contribution in [2.45, 2.75) is 25.8 Å². The number of rotatable bonds is 5. The molecular formula is C21H26N3O2+. The van der Waals surface area contributed by atoms with E-state index in [2.05, 4.69) is 5.32 Å². The average molecular weight is 352 g/mol. The average Bonchev–Trinajstić information content (AvgIpc) is 2.65. The van der Waals surface area contributed by atoms with Crippen LogP contribution < -0.4 is 16.0 Å². The fraction of sp³-hybridized carbons (Fsp3) is 0.333. The molecule has 0 aliphatic carbocycles. The van der Waals surface area contributed by atoms with E-state index in [1.54, 1.807) is 0 Å². The number of hydrogen-bond donors (Lipinski definition) is 3. The first kappa shape index (κ1) is 18.1. The molecule has 1 aliphatic rings. The highest BCUT2D eigenvalue weighted by Crippen LogP contribution is 2.17. The van der Waals surface area contributed by atoms with Gasteiger partial charge in [-0.15, -0.1) is 0 Å². The second-order valence-electron chi connectivity index (χ2n) is 7.03. The van der Waals surface area contributed by atoms with Gasteiger partial charge in [0, 0.05) is 30.0 Å². The van der Waals surface area contributed by atoms with Crippen molar-refractivity contribution >= 4 is 17.5 Å². The summed E-state index contributed by atoms with van der Waals surface area (Å²) in [6.07, 6.45) is 1.46. The number of aryl methyl sites for hydroxylation is 1. The number of hydrogen-bond acceptors (Lipinski definition) is 2. The number of likely N-dealkylation sites (tertiary alicyclic amines) is 1. The number of nitrogens with one attached hydrogen (secondary N) is 2. The van der Waals surface area contributed by atoms with E-state index < -0.39 is 0 Å². The number of piperidine rings is 1. The SMILES string of the molecule is Cc1ccc(NC(=O)[C@H](c2ccccc2)[NH+]2CCC(C(N)=O)CC2)cc1. The standard InChI is InChI=1S/C21H25N3O2/c1-15-7-9-18(10-8-15)23-21(26)19(16-5-3-2-4-6-16)24-13-11-17(12-14-24)20(22)25/h2-10,17,19H,11-14H2,1H3,(H2,22,25)(H,23,26)/p+1/t19-/m0/s1. The maximum atomic E-state index is 13.1. The van der Waals surface area contributed by atoms with Crippen molar-refractivity contribution in [2.75, 3.05) is 18.4 Å². The minimum absolute atomic E-state index is 0.0208. The molecule has 3 rings (SSSR count). The van der Waals surface area contributed by atoms with Gasteiger partial charge in [-0.3, -0.25) is 9.59 Å². The molecule has 2 amide bonds. The maximum Gasteiger partial charge on any atom is 0.287 e. The Labute approximate surface area is 154 Å². The van der Waals surface area contributed by atoms with Crippen LogP contribution in [0.1, 0.15) is 30.0 Å². The molecule has 0 unspecified atom stereocenters. The van der Waals surface area contributed by atoms with Gasteiger partial charge in [0.1, 0.15) is 0 Å². The van der Waals surface area contributed by atoms with Gasteiger partial charge in [-0.2, -0.15) is 0 Å². The molecule has 136 valence electrons. The van der Waals surface area contributed by atoms with Crippen molar-refractivity contribution in [3.8, 4) is 0 Å². The molecular weight excluding hydrogens is 326 g/mol. The Morgan fingerprint density at radius 2 is 1.65 bits per heavy atom. The van der Waals surface area contributed by atoms with Gasteiger partial charge in [-0.25, -0.2) is 0 Å². The molecule has 2 aromatic carbocycles. The number of carbonyl (C=O) groups excluding carboxylic acids is 2. The summed E-state index contributed by atoms with van der Waals surface area (Å²) in [5, 5.41) is 3.05. The van der Waals surface area contributed by atoms with E-state index in [-0.39, 0.29) is 23.8 Å². The van der Waals surface area contributed by atoms with E-state index in [1.807, 2.05) is 61.5 Å². The quantitative estimate of drug-likeness (QED) is 0.762. The zero-order valence-corrected chi connectivity index (χ0v) is 15.1. The Bertz CT molecular complexity index is 751. The monoisotopic (exact) mass is 352 g/mol. The first-order valence-corrected chi connectivity index (χ1v) is 9.11. The zero-order valence-electron chi connectivity index (χ0n) is 15.1. The van der Waals surface area contributed by atoms with Crippen LogP contribution in [0, 0.1) is 12.8 Å². The van der Waals surface area contributed by atoms with Crippen LogP contribution in [0.3, 0.4) is 0 Å². The molecule has 1 aliphatic heterocycles. The highest BCUT2D eigenvalue weighted by molar-refractivity contribution is 5.94. The Hall–Kier alpha value is -2.66. The van der Waals surface area contributed by atoms with Gasteiger partial charge in [-0.05, 0) is 19.1 Å². The summed E-state index contributed by atoms with van der Waals surface area (Å²) in [5.41, 5.74) is 8.39. The van der Waals surface area contributed by atoms with Gasteiger partial charge >= 0.3 is 0 Å². The normalized spacial score (nSPS) is 21.0. The van der Waals surface area contributed by atoms with Gasteiger partial charge in [0.25, 0.3) is 5.91 Å². The molecule has 0 bridgehead atoms. The lowest BCUT2D eigenvalue weighted by atomic mass is 9.93. The summed E-state index contributed by atoms with van der Waals surface area (Å²) < 4.78 is 0. The lowest BCUT2D eigenvalue weighted by molar-refractivity contribution is -0.927. The number of nitrogens with two attached hydrogens (primary N) is 1. The predicted octanol–water partition coefficient (Wildman–Crippen LogP) is 1.46. The summed E-state index contributed by atoms with van der Waals surface area (Å²) in [6.45, 7) is 3.54. The molecule has 26 heavy (non-hydrogen) atoms. The van der Waals surface area contributed by atoms with Crippen LogP contribution >= 0.6 is 0 Å². The zero-order chi connectivity index (χ0) is 18.5. The first-order chi connectivity index (χ1) is 12.5. The smallest absolute Gasteiger partial charge is 0.287 e. The molecule has 5 heteroatoms. The Kier molecular flexibility index (Phi) is 5.68. The lowest BCUT2D eigenvalue weighted by Crippen LogP contribution is -3.14.